The molecular weight excluding hydrogens is 172 g/mol. The molecule has 3 atom stereocenters. The standard InChI is InChI=1S/C13H26O/c1-4-10-7-8-13(14)12(9-10)11(5-2)6-3/h10-14H,4-9H2,1-3H3. The van der Waals surface area contributed by atoms with Gasteiger partial charge in [-0.3, -0.25) is 0 Å². The average Bonchev–Trinajstić information content (AvgIpc) is 2.22. The molecule has 0 bridgehead atoms. The van der Waals surface area contributed by atoms with Gasteiger partial charge in [-0.1, -0.05) is 40.0 Å². The minimum atomic E-state index is -0.0114. The lowest BCUT2D eigenvalue weighted by atomic mass is 9.71. The molecule has 0 aliphatic heterocycles. The fourth-order valence-corrected chi connectivity index (χ4v) is 3.05. The molecule has 0 aromatic heterocycles. The molecule has 1 aliphatic carbocycles. The zero-order valence-electron chi connectivity index (χ0n) is 10.00. The van der Waals surface area contributed by atoms with E-state index in [1.54, 1.807) is 0 Å². The minimum Gasteiger partial charge on any atom is -0.393 e. The van der Waals surface area contributed by atoms with E-state index in [0.29, 0.717) is 5.92 Å². The van der Waals surface area contributed by atoms with Gasteiger partial charge in [-0.05, 0) is 37.0 Å². The Hall–Kier alpha value is -0.0400. The fourth-order valence-electron chi connectivity index (χ4n) is 3.05. The van der Waals surface area contributed by atoms with Gasteiger partial charge in [0.05, 0.1) is 6.10 Å². The molecular formula is C13H26O. The van der Waals surface area contributed by atoms with E-state index in [9.17, 15) is 5.11 Å². The Balaban J connectivity index is 2.54. The molecule has 0 aromatic rings. The lowest BCUT2D eigenvalue weighted by Gasteiger charge is -2.37. The summed E-state index contributed by atoms with van der Waals surface area (Å²) < 4.78 is 0. The predicted octanol–water partition coefficient (Wildman–Crippen LogP) is 3.61. The Bertz CT molecular complexity index is 151. The van der Waals surface area contributed by atoms with Gasteiger partial charge in [0.25, 0.3) is 0 Å². The molecule has 0 heterocycles. The van der Waals surface area contributed by atoms with Crippen LogP contribution in [0.2, 0.25) is 0 Å². The van der Waals surface area contributed by atoms with Crippen LogP contribution in [0.4, 0.5) is 0 Å². The lowest BCUT2D eigenvalue weighted by Crippen LogP contribution is -2.34. The first-order valence-corrected chi connectivity index (χ1v) is 6.40. The molecule has 1 aliphatic rings. The maximum Gasteiger partial charge on any atom is 0.0571 e. The molecule has 1 rings (SSSR count). The third-order valence-corrected chi connectivity index (χ3v) is 4.20. The van der Waals surface area contributed by atoms with Crippen LogP contribution in [0, 0.1) is 17.8 Å². The van der Waals surface area contributed by atoms with E-state index in [2.05, 4.69) is 20.8 Å². The van der Waals surface area contributed by atoms with E-state index in [4.69, 9.17) is 0 Å². The van der Waals surface area contributed by atoms with Gasteiger partial charge in [0.15, 0.2) is 0 Å². The van der Waals surface area contributed by atoms with Gasteiger partial charge < -0.3 is 5.11 Å². The molecule has 1 fully saturated rings. The van der Waals surface area contributed by atoms with Crippen molar-refractivity contribution < 1.29 is 5.11 Å². The van der Waals surface area contributed by atoms with Gasteiger partial charge in [-0.15, -0.1) is 0 Å². The summed E-state index contributed by atoms with van der Waals surface area (Å²) in [7, 11) is 0. The predicted molar refractivity (Wildman–Crippen MR) is 61.2 cm³/mol. The van der Waals surface area contributed by atoms with Crippen LogP contribution in [0.5, 0.6) is 0 Å². The Labute approximate surface area is 88.9 Å². The maximum absolute atomic E-state index is 10.0. The Morgan fingerprint density at radius 3 is 2.29 bits per heavy atom. The zero-order chi connectivity index (χ0) is 10.6. The minimum absolute atomic E-state index is 0.0114. The largest absolute Gasteiger partial charge is 0.393 e. The first-order chi connectivity index (χ1) is 6.72. The second-order valence-electron chi connectivity index (χ2n) is 4.90. The highest BCUT2D eigenvalue weighted by Gasteiger charge is 2.32. The van der Waals surface area contributed by atoms with Gasteiger partial charge >= 0.3 is 0 Å². The monoisotopic (exact) mass is 198 g/mol. The molecule has 0 aromatic carbocycles. The van der Waals surface area contributed by atoms with Gasteiger partial charge in [0.1, 0.15) is 0 Å². The van der Waals surface area contributed by atoms with Crippen LogP contribution in [0.3, 0.4) is 0 Å². The van der Waals surface area contributed by atoms with Crippen LogP contribution in [-0.4, -0.2) is 11.2 Å². The van der Waals surface area contributed by atoms with Crippen LogP contribution in [-0.2, 0) is 0 Å². The summed E-state index contributed by atoms with van der Waals surface area (Å²) in [5.74, 6) is 2.21. The van der Waals surface area contributed by atoms with Gasteiger partial charge in [-0.25, -0.2) is 0 Å². The highest BCUT2D eigenvalue weighted by Crippen LogP contribution is 2.37. The second-order valence-corrected chi connectivity index (χ2v) is 4.90. The second kappa shape index (κ2) is 5.75. The van der Waals surface area contributed by atoms with E-state index < -0.39 is 0 Å². The molecule has 84 valence electrons. The topological polar surface area (TPSA) is 20.2 Å². The van der Waals surface area contributed by atoms with Crippen LogP contribution in [0.1, 0.15) is 59.3 Å². The molecule has 0 spiro atoms. The van der Waals surface area contributed by atoms with E-state index in [0.717, 1.165) is 18.3 Å². The Kier molecular flexibility index (Phi) is 4.94. The molecule has 0 amide bonds. The maximum atomic E-state index is 10.0. The molecule has 1 saturated carbocycles. The van der Waals surface area contributed by atoms with Gasteiger partial charge in [0, 0.05) is 0 Å². The van der Waals surface area contributed by atoms with E-state index in [1.165, 1.54) is 32.1 Å². The highest BCUT2D eigenvalue weighted by atomic mass is 16.3. The smallest absolute Gasteiger partial charge is 0.0571 e. The van der Waals surface area contributed by atoms with Crippen molar-refractivity contribution in [1.82, 2.24) is 0 Å². The van der Waals surface area contributed by atoms with E-state index in [-0.39, 0.29) is 6.10 Å². The first kappa shape index (κ1) is 12.0. The Morgan fingerprint density at radius 2 is 1.79 bits per heavy atom. The van der Waals surface area contributed by atoms with Crippen molar-refractivity contribution >= 4 is 0 Å². The third kappa shape index (κ3) is 2.73. The van der Waals surface area contributed by atoms with Crippen molar-refractivity contribution in [3.05, 3.63) is 0 Å². The van der Waals surface area contributed by atoms with Crippen molar-refractivity contribution in [2.24, 2.45) is 17.8 Å². The normalized spacial score (nSPS) is 33.6. The Morgan fingerprint density at radius 1 is 1.14 bits per heavy atom. The molecule has 3 unspecified atom stereocenters. The highest BCUT2D eigenvalue weighted by molar-refractivity contribution is 4.83. The molecule has 14 heavy (non-hydrogen) atoms. The number of rotatable bonds is 4. The molecule has 1 nitrogen and oxygen atoms in total. The van der Waals surface area contributed by atoms with Crippen molar-refractivity contribution in [3.63, 3.8) is 0 Å². The van der Waals surface area contributed by atoms with Crippen LogP contribution < -0.4 is 0 Å². The summed E-state index contributed by atoms with van der Waals surface area (Å²) in [5.41, 5.74) is 0. The van der Waals surface area contributed by atoms with Gasteiger partial charge in [-0.2, -0.15) is 0 Å². The number of aliphatic hydroxyl groups excluding tert-OH is 1. The summed E-state index contributed by atoms with van der Waals surface area (Å²) >= 11 is 0. The quantitative estimate of drug-likeness (QED) is 0.731. The summed E-state index contributed by atoms with van der Waals surface area (Å²) in [6.07, 6.45) is 7.30. The number of hydrogen-bond donors (Lipinski definition) is 1. The first-order valence-electron chi connectivity index (χ1n) is 6.40. The van der Waals surface area contributed by atoms with Crippen molar-refractivity contribution in [3.8, 4) is 0 Å². The summed E-state index contributed by atoms with van der Waals surface area (Å²) in [6, 6.07) is 0. The van der Waals surface area contributed by atoms with E-state index >= 15 is 0 Å². The van der Waals surface area contributed by atoms with Gasteiger partial charge in [0.2, 0.25) is 0 Å². The summed E-state index contributed by atoms with van der Waals surface area (Å²) in [6.45, 7) is 6.80. The number of hydrogen-bond acceptors (Lipinski definition) is 1. The zero-order valence-corrected chi connectivity index (χ0v) is 10.00. The van der Waals surface area contributed by atoms with Crippen molar-refractivity contribution in [1.29, 1.82) is 0 Å². The third-order valence-electron chi connectivity index (χ3n) is 4.20. The lowest BCUT2D eigenvalue weighted by molar-refractivity contribution is 0.0137. The summed E-state index contributed by atoms with van der Waals surface area (Å²) in [4.78, 5) is 0. The van der Waals surface area contributed by atoms with E-state index in [1.807, 2.05) is 0 Å². The molecule has 1 N–H and O–H groups in total. The number of aliphatic hydroxyl groups is 1. The van der Waals surface area contributed by atoms with Crippen LogP contribution >= 0.6 is 0 Å². The molecule has 0 radical (unpaired) electrons. The average molecular weight is 198 g/mol. The van der Waals surface area contributed by atoms with Crippen molar-refractivity contribution in [2.75, 3.05) is 0 Å². The summed E-state index contributed by atoms with van der Waals surface area (Å²) in [5, 5.41) is 10.0. The fraction of sp³-hybridized carbons (Fsp3) is 1.00. The molecule has 1 heteroatoms. The SMILES string of the molecule is CCC1CCC(O)C(C(CC)CC)C1. The van der Waals surface area contributed by atoms with Crippen molar-refractivity contribution in [2.45, 2.75) is 65.4 Å². The van der Waals surface area contributed by atoms with Crippen LogP contribution in [0.25, 0.3) is 0 Å². The van der Waals surface area contributed by atoms with Crippen LogP contribution in [0.15, 0.2) is 0 Å². The molecule has 0 saturated heterocycles.